The van der Waals surface area contributed by atoms with E-state index in [1.807, 2.05) is 24.3 Å². The molecule has 2 atom stereocenters. The first-order valence-corrected chi connectivity index (χ1v) is 7.63. The van der Waals surface area contributed by atoms with Crippen molar-refractivity contribution >= 4 is 11.8 Å². The predicted molar refractivity (Wildman–Crippen MR) is 80.9 cm³/mol. The van der Waals surface area contributed by atoms with Crippen LogP contribution >= 0.6 is 0 Å². The molecule has 118 valence electrons. The largest absolute Gasteiger partial charge is 0.375 e. The van der Waals surface area contributed by atoms with E-state index in [1.54, 1.807) is 4.90 Å². The Morgan fingerprint density at radius 1 is 1.32 bits per heavy atom. The van der Waals surface area contributed by atoms with Gasteiger partial charge in [-0.25, -0.2) is 0 Å². The fraction of sp³-hybridized carbons (Fsp3) is 0.500. The van der Waals surface area contributed by atoms with E-state index in [2.05, 4.69) is 5.32 Å². The number of hydrogen-bond donors (Lipinski definition) is 2. The first-order chi connectivity index (χ1) is 10.6. The summed E-state index contributed by atoms with van der Waals surface area (Å²) >= 11 is 0. The SMILES string of the molecule is NC(=O)[C@H]1Cc2ccccc2CN1C(=O)C[C@@H]1CNCCO1. The maximum absolute atomic E-state index is 12.6. The lowest BCUT2D eigenvalue weighted by Crippen LogP contribution is -2.52. The Balaban J connectivity index is 1.75. The van der Waals surface area contributed by atoms with Crippen LogP contribution in [0, 0.1) is 0 Å². The summed E-state index contributed by atoms with van der Waals surface area (Å²) in [6.07, 6.45) is 0.631. The first kappa shape index (κ1) is 15.0. The molecular formula is C16H21N3O3. The number of hydrogen-bond acceptors (Lipinski definition) is 4. The van der Waals surface area contributed by atoms with Crippen LogP contribution < -0.4 is 11.1 Å². The van der Waals surface area contributed by atoms with Gasteiger partial charge in [0.25, 0.3) is 0 Å². The van der Waals surface area contributed by atoms with E-state index < -0.39 is 11.9 Å². The molecule has 6 nitrogen and oxygen atoms in total. The second-order valence-corrected chi connectivity index (χ2v) is 5.81. The summed E-state index contributed by atoms with van der Waals surface area (Å²) in [5.74, 6) is -0.530. The topological polar surface area (TPSA) is 84.7 Å². The van der Waals surface area contributed by atoms with Crippen LogP contribution in [-0.2, 0) is 27.3 Å². The average Bonchev–Trinajstić information content (AvgIpc) is 2.54. The van der Waals surface area contributed by atoms with Crippen LogP contribution in [0.4, 0.5) is 0 Å². The highest BCUT2D eigenvalue weighted by Gasteiger charge is 2.34. The van der Waals surface area contributed by atoms with Crippen molar-refractivity contribution < 1.29 is 14.3 Å². The molecule has 2 heterocycles. The zero-order valence-electron chi connectivity index (χ0n) is 12.5. The predicted octanol–water partition coefficient (Wildman–Crippen LogP) is -0.196. The van der Waals surface area contributed by atoms with Gasteiger partial charge < -0.3 is 20.7 Å². The number of nitrogens with one attached hydrogen (secondary N) is 1. The van der Waals surface area contributed by atoms with E-state index >= 15 is 0 Å². The van der Waals surface area contributed by atoms with E-state index in [9.17, 15) is 9.59 Å². The number of fused-ring (bicyclic) bond motifs is 1. The van der Waals surface area contributed by atoms with E-state index in [0.29, 0.717) is 26.1 Å². The Morgan fingerprint density at radius 2 is 2.09 bits per heavy atom. The third-order valence-corrected chi connectivity index (χ3v) is 4.30. The van der Waals surface area contributed by atoms with Crippen LogP contribution in [0.5, 0.6) is 0 Å². The molecule has 0 aromatic heterocycles. The second kappa shape index (κ2) is 6.46. The smallest absolute Gasteiger partial charge is 0.240 e. The van der Waals surface area contributed by atoms with Gasteiger partial charge in [-0.05, 0) is 11.1 Å². The molecule has 0 radical (unpaired) electrons. The Hall–Kier alpha value is -1.92. The minimum Gasteiger partial charge on any atom is -0.375 e. The summed E-state index contributed by atoms with van der Waals surface area (Å²) < 4.78 is 5.58. The van der Waals surface area contributed by atoms with Gasteiger partial charge >= 0.3 is 0 Å². The number of amides is 2. The first-order valence-electron chi connectivity index (χ1n) is 7.63. The summed E-state index contributed by atoms with van der Waals surface area (Å²) in [4.78, 5) is 26.0. The van der Waals surface area contributed by atoms with Crippen LogP contribution in [0.1, 0.15) is 17.5 Å². The molecule has 3 N–H and O–H groups in total. The van der Waals surface area contributed by atoms with Crippen LogP contribution in [0.2, 0.25) is 0 Å². The van der Waals surface area contributed by atoms with Gasteiger partial charge in [0.2, 0.25) is 11.8 Å². The van der Waals surface area contributed by atoms with Crippen LogP contribution in [0.3, 0.4) is 0 Å². The van der Waals surface area contributed by atoms with Crippen molar-refractivity contribution in [3.05, 3.63) is 35.4 Å². The quantitative estimate of drug-likeness (QED) is 0.810. The van der Waals surface area contributed by atoms with Gasteiger partial charge in [-0.2, -0.15) is 0 Å². The number of nitrogens with zero attached hydrogens (tertiary/aromatic N) is 1. The molecule has 0 unspecified atom stereocenters. The minimum absolute atomic E-state index is 0.0768. The molecule has 1 aromatic carbocycles. The maximum Gasteiger partial charge on any atom is 0.240 e. The zero-order chi connectivity index (χ0) is 15.5. The summed E-state index contributed by atoms with van der Waals surface area (Å²) in [7, 11) is 0. The number of carbonyl (C=O) groups excluding carboxylic acids is 2. The molecule has 2 amide bonds. The molecule has 1 fully saturated rings. The summed E-state index contributed by atoms with van der Waals surface area (Å²) in [6, 6.07) is 7.29. The number of morpholine rings is 1. The van der Waals surface area contributed by atoms with Gasteiger partial charge in [0.1, 0.15) is 6.04 Å². The molecular weight excluding hydrogens is 282 g/mol. The number of nitrogens with two attached hydrogens (primary N) is 1. The fourth-order valence-corrected chi connectivity index (χ4v) is 3.10. The third-order valence-electron chi connectivity index (χ3n) is 4.30. The van der Waals surface area contributed by atoms with Gasteiger partial charge in [0.15, 0.2) is 0 Å². The van der Waals surface area contributed by atoms with E-state index in [4.69, 9.17) is 10.5 Å². The molecule has 6 heteroatoms. The molecule has 22 heavy (non-hydrogen) atoms. The number of rotatable bonds is 3. The van der Waals surface area contributed by atoms with Gasteiger partial charge in [-0.3, -0.25) is 9.59 Å². The number of ether oxygens (including phenoxy) is 1. The lowest BCUT2D eigenvalue weighted by atomic mass is 9.93. The van der Waals surface area contributed by atoms with Gasteiger partial charge in [0.05, 0.1) is 19.1 Å². The summed E-state index contributed by atoms with van der Waals surface area (Å²) in [5.41, 5.74) is 7.68. The Bertz CT molecular complexity index is 570. The lowest BCUT2D eigenvalue weighted by molar-refractivity contribution is -0.143. The molecule has 0 bridgehead atoms. The molecule has 3 rings (SSSR count). The Kier molecular flexibility index (Phi) is 4.40. The number of carbonyl (C=O) groups is 2. The van der Waals surface area contributed by atoms with Crippen molar-refractivity contribution in [2.45, 2.75) is 31.5 Å². The number of benzene rings is 1. The van der Waals surface area contributed by atoms with Gasteiger partial charge in [-0.15, -0.1) is 0 Å². The van der Waals surface area contributed by atoms with E-state index in [-0.39, 0.29) is 18.4 Å². The monoisotopic (exact) mass is 303 g/mol. The van der Waals surface area contributed by atoms with Crippen molar-refractivity contribution in [2.24, 2.45) is 5.73 Å². The van der Waals surface area contributed by atoms with Crippen LogP contribution in [0.25, 0.3) is 0 Å². The maximum atomic E-state index is 12.6. The highest BCUT2D eigenvalue weighted by Crippen LogP contribution is 2.24. The van der Waals surface area contributed by atoms with Crippen molar-refractivity contribution in [3.8, 4) is 0 Å². The van der Waals surface area contributed by atoms with Crippen molar-refractivity contribution in [2.75, 3.05) is 19.7 Å². The van der Waals surface area contributed by atoms with Crippen molar-refractivity contribution in [3.63, 3.8) is 0 Å². The summed E-state index contributed by atoms with van der Waals surface area (Å²) in [6.45, 7) is 2.52. The minimum atomic E-state index is -0.570. The Labute approximate surface area is 129 Å². The highest BCUT2D eigenvalue weighted by atomic mass is 16.5. The number of primary amides is 1. The van der Waals surface area contributed by atoms with E-state index in [1.165, 1.54) is 0 Å². The highest BCUT2D eigenvalue weighted by molar-refractivity contribution is 5.87. The molecule has 1 saturated heterocycles. The summed E-state index contributed by atoms with van der Waals surface area (Å²) in [5, 5.41) is 3.21. The molecule has 2 aliphatic heterocycles. The molecule has 0 spiro atoms. The van der Waals surface area contributed by atoms with Crippen molar-refractivity contribution in [1.82, 2.24) is 10.2 Å². The fourth-order valence-electron chi connectivity index (χ4n) is 3.10. The third kappa shape index (κ3) is 3.13. The van der Waals surface area contributed by atoms with Gasteiger partial charge in [0, 0.05) is 26.1 Å². The standard InChI is InChI=1S/C16H21N3O3/c17-16(21)14-7-11-3-1-2-4-12(11)10-19(14)15(20)8-13-9-18-5-6-22-13/h1-4,13-14,18H,5-10H2,(H2,17,21)/t13-,14-/m1/s1. The molecule has 0 saturated carbocycles. The van der Waals surface area contributed by atoms with Crippen LogP contribution in [0.15, 0.2) is 24.3 Å². The normalized spacial score (nSPS) is 24.6. The lowest BCUT2D eigenvalue weighted by Gasteiger charge is -2.36. The van der Waals surface area contributed by atoms with Crippen molar-refractivity contribution in [1.29, 1.82) is 0 Å². The van der Waals surface area contributed by atoms with Gasteiger partial charge in [-0.1, -0.05) is 24.3 Å². The Morgan fingerprint density at radius 3 is 2.77 bits per heavy atom. The molecule has 0 aliphatic carbocycles. The average molecular weight is 303 g/mol. The van der Waals surface area contributed by atoms with E-state index in [0.717, 1.165) is 17.7 Å². The zero-order valence-corrected chi connectivity index (χ0v) is 12.5. The second-order valence-electron chi connectivity index (χ2n) is 5.81. The molecule has 1 aromatic rings. The van der Waals surface area contributed by atoms with Crippen LogP contribution in [-0.4, -0.2) is 48.6 Å². The molecule has 2 aliphatic rings.